The number of hydrogen-bond donors (Lipinski definition) is 0. The van der Waals surface area contributed by atoms with Gasteiger partial charge in [0.15, 0.2) is 17.5 Å². The van der Waals surface area contributed by atoms with Crippen molar-refractivity contribution in [3.05, 3.63) is 188 Å². The minimum absolute atomic E-state index is 0.645. The highest BCUT2D eigenvalue weighted by Gasteiger charge is 2.15. The molecule has 9 aromatic carbocycles. The van der Waals surface area contributed by atoms with Gasteiger partial charge < -0.3 is 0 Å². The number of hydrogen-bond acceptors (Lipinski definition) is 3. The highest BCUT2D eigenvalue weighted by molar-refractivity contribution is 6.31. The molecule has 0 saturated carbocycles. The first-order valence-corrected chi connectivity index (χ1v) is 17.6. The second-order valence-corrected chi connectivity index (χ2v) is 13.2. The van der Waals surface area contributed by atoms with Gasteiger partial charge in [-0.1, -0.05) is 170 Å². The Balaban J connectivity index is 1.08. The van der Waals surface area contributed by atoms with Gasteiger partial charge in [0.2, 0.25) is 0 Å². The average molecular weight is 662 g/mol. The van der Waals surface area contributed by atoms with Crippen molar-refractivity contribution in [2.75, 3.05) is 0 Å². The molecular formula is C49H31N3. The van der Waals surface area contributed by atoms with Crippen LogP contribution in [-0.2, 0) is 0 Å². The van der Waals surface area contributed by atoms with Crippen molar-refractivity contribution in [2.24, 2.45) is 0 Å². The lowest BCUT2D eigenvalue weighted by atomic mass is 9.89. The third-order valence-electron chi connectivity index (χ3n) is 10.1. The van der Waals surface area contributed by atoms with Crippen LogP contribution in [0.25, 0.3) is 99.5 Å². The molecule has 0 aliphatic heterocycles. The van der Waals surface area contributed by atoms with Crippen LogP contribution in [0.5, 0.6) is 0 Å². The van der Waals surface area contributed by atoms with E-state index in [1.165, 1.54) is 54.2 Å². The molecule has 1 aromatic heterocycles. The first kappa shape index (κ1) is 29.9. The van der Waals surface area contributed by atoms with Crippen molar-refractivity contribution >= 4 is 43.1 Å². The van der Waals surface area contributed by atoms with Gasteiger partial charge in [-0.2, -0.15) is 0 Å². The largest absolute Gasteiger partial charge is 0.208 e. The second kappa shape index (κ2) is 12.4. The van der Waals surface area contributed by atoms with E-state index in [0.717, 1.165) is 27.8 Å². The van der Waals surface area contributed by atoms with Gasteiger partial charge >= 0.3 is 0 Å². The molecule has 0 fully saturated rings. The zero-order valence-corrected chi connectivity index (χ0v) is 28.2. The third-order valence-corrected chi connectivity index (χ3v) is 10.1. The minimum Gasteiger partial charge on any atom is -0.208 e. The van der Waals surface area contributed by atoms with Gasteiger partial charge in [0, 0.05) is 16.7 Å². The average Bonchev–Trinajstić information content (AvgIpc) is 3.24. The van der Waals surface area contributed by atoms with Gasteiger partial charge in [-0.25, -0.2) is 15.0 Å². The number of rotatable bonds is 5. The van der Waals surface area contributed by atoms with Crippen molar-refractivity contribution in [2.45, 2.75) is 0 Å². The molecule has 0 amide bonds. The Morgan fingerprint density at radius 3 is 1.31 bits per heavy atom. The molecule has 242 valence electrons. The van der Waals surface area contributed by atoms with Gasteiger partial charge in [-0.05, 0) is 83.5 Å². The van der Waals surface area contributed by atoms with Crippen LogP contribution < -0.4 is 0 Å². The molecule has 52 heavy (non-hydrogen) atoms. The predicted octanol–water partition coefficient (Wildman–Crippen LogP) is 12.8. The predicted molar refractivity (Wildman–Crippen MR) is 217 cm³/mol. The Hall–Kier alpha value is -6.97. The van der Waals surface area contributed by atoms with E-state index in [-0.39, 0.29) is 0 Å². The van der Waals surface area contributed by atoms with E-state index in [9.17, 15) is 0 Å². The monoisotopic (exact) mass is 661 g/mol. The van der Waals surface area contributed by atoms with E-state index in [2.05, 4.69) is 127 Å². The summed E-state index contributed by atoms with van der Waals surface area (Å²) < 4.78 is 0. The van der Waals surface area contributed by atoms with Crippen molar-refractivity contribution < 1.29 is 0 Å². The zero-order chi connectivity index (χ0) is 34.4. The minimum atomic E-state index is 0.645. The first-order valence-electron chi connectivity index (χ1n) is 17.6. The molecule has 0 N–H and O–H groups in total. The van der Waals surface area contributed by atoms with E-state index < -0.39 is 0 Å². The highest BCUT2D eigenvalue weighted by Crippen LogP contribution is 2.40. The molecule has 0 radical (unpaired) electrons. The lowest BCUT2D eigenvalue weighted by molar-refractivity contribution is 1.07. The Kier molecular flexibility index (Phi) is 7.14. The van der Waals surface area contributed by atoms with Gasteiger partial charge in [0.25, 0.3) is 0 Å². The number of aromatic nitrogens is 3. The lowest BCUT2D eigenvalue weighted by Gasteiger charge is -2.14. The number of benzene rings is 9. The maximum absolute atomic E-state index is 4.97. The fourth-order valence-electron chi connectivity index (χ4n) is 7.56. The Bertz CT molecular complexity index is 2870. The van der Waals surface area contributed by atoms with Crippen LogP contribution in [0.15, 0.2) is 188 Å². The van der Waals surface area contributed by atoms with Crippen LogP contribution in [0.4, 0.5) is 0 Å². The fourth-order valence-corrected chi connectivity index (χ4v) is 7.56. The fraction of sp³-hybridized carbons (Fsp3) is 0. The topological polar surface area (TPSA) is 38.7 Å². The Morgan fingerprint density at radius 2 is 0.654 bits per heavy atom. The molecule has 3 nitrogen and oxygen atoms in total. The van der Waals surface area contributed by atoms with E-state index in [1.807, 2.05) is 60.7 Å². The number of nitrogens with zero attached hydrogens (tertiary/aromatic N) is 3. The van der Waals surface area contributed by atoms with Gasteiger partial charge in [0.1, 0.15) is 0 Å². The molecule has 10 rings (SSSR count). The zero-order valence-electron chi connectivity index (χ0n) is 28.2. The Morgan fingerprint density at radius 1 is 0.231 bits per heavy atom. The van der Waals surface area contributed by atoms with Crippen LogP contribution in [0.2, 0.25) is 0 Å². The second-order valence-electron chi connectivity index (χ2n) is 13.2. The number of fused-ring (bicyclic) bond motifs is 8. The quantitative estimate of drug-likeness (QED) is 0.172. The molecule has 0 aliphatic carbocycles. The molecule has 0 aliphatic rings. The molecular weight excluding hydrogens is 631 g/mol. The molecule has 0 bridgehead atoms. The van der Waals surface area contributed by atoms with Crippen molar-refractivity contribution in [3.63, 3.8) is 0 Å². The summed E-state index contributed by atoms with van der Waals surface area (Å²) in [5.41, 5.74) is 7.45. The summed E-state index contributed by atoms with van der Waals surface area (Å²) in [6.45, 7) is 0. The molecule has 10 aromatic rings. The summed E-state index contributed by atoms with van der Waals surface area (Å²) in [6, 6.07) is 66.5. The first-order chi connectivity index (χ1) is 25.8. The molecule has 3 heteroatoms. The van der Waals surface area contributed by atoms with E-state index in [1.54, 1.807) is 0 Å². The molecule has 0 saturated heterocycles. The van der Waals surface area contributed by atoms with E-state index in [4.69, 9.17) is 15.0 Å². The van der Waals surface area contributed by atoms with Crippen LogP contribution in [0.1, 0.15) is 0 Å². The summed E-state index contributed by atoms with van der Waals surface area (Å²) in [4.78, 5) is 14.8. The van der Waals surface area contributed by atoms with Crippen molar-refractivity contribution in [1.29, 1.82) is 0 Å². The molecule has 0 unspecified atom stereocenters. The van der Waals surface area contributed by atoms with Crippen LogP contribution in [-0.4, -0.2) is 15.0 Å². The van der Waals surface area contributed by atoms with Crippen LogP contribution in [0, 0.1) is 0 Å². The van der Waals surface area contributed by atoms with Gasteiger partial charge in [0.05, 0.1) is 0 Å². The van der Waals surface area contributed by atoms with Gasteiger partial charge in [-0.15, -0.1) is 0 Å². The molecule has 1 heterocycles. The summed E-state index contributed by atoms with van der Waals surface area (Å²) in [6.07, 6.45) is 0. The van der Waals surface area contributed by atoms with E-state index >= 15 is 0 Å². The SMILES string of the molecule is c1ccc(-c2nc(-c3ccccc3)nc(-c3cccc(-c4cccc(-c5ccc6c(c5)c5ccccc5c5c7ccccc7ccc65)c4)c3)n2)cc1. The summed E-state index contributed by atoms with van der Waals surface area (Å²) in [7, 11) is 0. The maximum atomic E-state index is 4.97. The third kappa shape index (κ3) is 5.19. The normalized spacial score (nSPS) is 11.5. The lowest BCUT2D eigenvalue weighted by Crippen LogP contribution is -2.00. The van der Waals surface area contributed by atoms with Crippen LogP contribution >= 0.6 is 0 Å². The standard InChI is InChI=1S/C49H31N3/c1-3-14-33(15-4-1)47-50-48(34-16-5-2-6-17-34)52-49(51-47)39-21-12-20-37(30-39)35-18-11-19-36(29-35)38-26-27-42-44-28-25-32-13-7-8-22-40(32)46(44)43-24-10-9-23-41(43)45(42)31-38/h1-31H. The molecule has 0 spiro atoms. The molecule has 0 atom stereocenters. The van der Waals surface area contributed by atoms with Gasteiger partial charge in [-0.3, -0.25) is 0 Å². The van der Waals surface area contributed by atoms with E-state index in [0.29, 0.717) is 17.5 Å². The maximum Gasteiger partial charge on any atom is 0.164 e. The van der Waals surface area contributed by atoms with Crippen molar-refractivity contribution in [3.8, 4) is 56.4 Å². The smallest absolute Gasteiger partial charge is 0.164 e. The van der Waals surface area contributed by atoms with Crippen LogP contribution in [0.3, 0.4) is 0 Å². The summed E-state index contributed by atoms with van der Waals surface area (Å²) >= 11 is 0. The highest BCUT2D eigenvalue weighted by atomic mass is 15.0. The van der Waals surface area contributed by atoms with Crippen molar-refractivity contribution in [1.82, 2.24) is 15.0 Å². The summed E-state index contributed by atoms with van der Waals surface area (Å²) in [5.74, 6) is 1.95. The Labute approximate surface area is 301 Å². The summed E-state index contributed by atoms with van der Waals surface area (Å²) in [5, 5.41) is 10.3.